The fraction of sp³-hybridized carbons (Fsp3) is 0. The van der Waals surface area contributed by atoms with Gasteiger partial charge in [-0.25, -0.2) is 9.48 Å². The molecule has 0 unspecified atom stereocenters. The summed E-state index contributed by atoms with van der Waals surface area (Å²) in [7, 11) is 0. The van der Waals surface area contributed by atoms with Gasteiger partial charge in [-0.05, 0) is 18.2 Å². The predicted molar refractivity (Wildman–Crippen MR) is 60.5 cm³/mol. The van der Waals surface area contributed by atoms with Crippen LogP contribution in [0.15, 0.2) is 51.8 Å². The Morgan fingerprint density at radius 1 is 1.22 bits per heavy atom. The van der Waals surface area contributed by atoms with Gasteiger partial charge < -0.3 is 13.9 Å². The number of hydrogen-bond donors (Lipinski definition) is 1. The minimum absolute atomic E-state index is 0.0821. The van der Waals surface area contributed by atoms with Crippen LogP contribution in [0, 0.1) is 0 Å². The molecule has 0 bridgehead atoms. The maximum atomic E-state index is 11.2. The molecule has 0 fully saturated rings. The second-order valence-corrected chi connectivity index (χ2v) is 3.57. The van der Waals surface area contributed by atoms with Crippen LogP contribution in [0.4, 0.5) is 0 Å². The van der Waals surface area contributed by atoms with Gasteiger partial charge in [0.2, 0.25) is 5.88 Å². The highest BCUT2D eigenvalue weighted by molar-refractivity contribution is 5.93. The van der Waals surface area contributed by atoms with E-state index in [9.17, 15) is 4.79 Å². The van der Waals surface area contributed by atoms with Crippen molar-refractivity contribution < 1.29 is 18.7 Å². The molecule has 0 saturated carbocycles. The average Bonchev–Trinajstić information content (AvgIpc) is 3.10. The summed E-state index contributed by atoms with van der Waals surface area (Å²) in [4.78, 5) is 11.2. The molecule has 0 aliphatic carbocycles. The molecule has 6 nitrogen and oxygen atoms in total. The standard InChI is InChI=1S/C12H8N2O4/c15-12(16)11-8(9-3-1-5-17-9)7-14(13-11)10-4-2-6-18-10/h1-7H,(H,15,16). The fourth-order valence-electron chi connectivity index (χ4n) is 1.66. The van der Waals surface area contributed by atoms with Crippen LogP contribution < -0.4 is 0 Å². The van der Waals surface area contributed by atoms with Crippen molar-refractivity contribution in [2.45, 2.75) is 0 Å². The average molecular weight is 244 g/mol. The van der Waals surface area contributed by atoms with Crippen LogP contribution in [-0.2, 0) is 0 Å². The number of carbonyl (C=O) groups is 1. The van der Waals surface area contributed by atoms with Gasteiger partial charge in [0.05, 0.1) is 18.1 Å². The molecule has 0 atom stereocenters. The van der Waals surface area contributed by atoms with Gasteiger partial charge in [0.15, 0.2) is 5.69 Å². The van der Waals surface area contributed by atoms with Crippen molar-refractivity contribution in [3.8, 4) is 17.2 Å². The highest BCUT2D eigenvalue weighted by atomic mass is 16.4. The Kier molecular flexibility index (Phi) is 2.26. The summed E-state index contributed by atoms with van der Waals surface area (Å²) in [6, 6.07) is 6.75. The molecule has 3 rings (SSSR count). The summed E-state index contributed by atoms with van der Waals surface area (Å²) in [5.41, 5.74) is 0.324. The van der Waals surface area contributed by atoms with Crippen molar-refractivity contribution in [1.29, 1.82) is 0 Å². The molecule has 0 aliphatic rings. The topological polar surface area (TPSA) is 81.4 Å². The van der Waals surface area contributed by atoms with Crippen LogP contribution in [0.1, 0.15) is 10.5 Å². The van der Waals surface area contributed by atoms with Gasteiger partial charge >= 0.3 is 5.97 Å². The first-order valence-corrected chi connectivity index (χ1v) is 5.16. The number of furan rings is 2. The molecule has 0 spiro atoms. The van der Waals surface area contributed by atoms with Gasteiger partial charge in [-0.3, -0.25) is 0 Å². The maximum Gasteiger partial charge on any atom is 0.357 e. The SMILES string of the molecule is O=C(O)c1nn(-c2ccco2)cc1-c1ccco1. The third-order valence-corrected chi connectivity index (χ3v) is 2.44. The van der Waals surface area contributed by atoms with E-state index in [0.29, 0.717) is 17.2 Å². The molecule has 90 valence electrons. The first-order valence-electron chi connectivity index (χ1n) is 5.16. The lowest BCUT2D eigenvalue weighted by molar-refractivity contribution is 0.0690. The summed E-state index contributed by atoms with van der Waals surface area (Å²) in [5.74, 6) is -0.229. The van der Waals surface area contributed by atoms with Gasteiger partial charge in [0.25, 0.3) is 0 Å². The molecule has 6 heteroatoms. The molecule has 3 aromatic rings. The molecule has 0 amide bonds. The zero-order valence-corrected chi connectivity index (χ0v) is 9.11. The Hall–Kier alpha value is -2.76. The summed E-state index contributed by atoms with van der Waals surface area (Å²) < 4.78 is 11.7. The molecule has 1 N–H and O–H groups in total. The van der Waals surface area contributed by atoms with Gasteiger partial charge in [0, 0.05) is 12.3 Å². The minimum Gasteiger partial charge on any atom is -0.476 e. The predicted octanol–water partition coefficient (Wildman–Crippen LogP) is 2.42. The Labute approximate surface area is 101 Å². The molecule has 0 aromatic carbocycles. The van der Waals surface area contributed by atoms with Crippen molar-refractivity contribution in [3.05, 3.63) is 48.7 Å². The number of hydrogen-bond acceptors (Lipinski definition) is 4. The van der Waals surface area contributed by atoms with E-state index in [0.717, 1.165) is 0 Å². The normalized spacial score (nSPS) is 10.7. The van der Waals surface area contributed by atoms with Gasteiger partial charge in [-0.1, -0.05) is 0 Å². The minimum atomic E-state index is -1.12. The molecule has 3 heterocycles. The number of nitrogens with zero attached hydrogens (tertiary/aromatic N) is 2. The molecule has 18 heavy (non-hydrogen) atoms. The highest BCUT2D eigenvalue weighted by Gasteiger charge is 2.20. The first kappa shape index (κ1) is 10.4. The maximum absolute atomic E-state index is 11.2. The molecular weight excluding hydrogens is 236 g/mol. The van der Waals surface area contributed by atoms with Crippen molar-refractivity contribution in [2.75, 3.05) is 0 Å². The van der Waals surface area contributed by atoms with E-state index in [4.69, 9.17) is 13.9 Å². The Bertz CT molecular complexity index is 665. The van der Waals surface area contributed by atoms with Gasteiger partial charge in [0.1, 0.15) is 5.76 Å². The lowest BCUT2D eigenvalue weighted by Crippen LogP contribution is -2.01. The number of carboxylic acid groups (broad SMARTS) is 1. The summed E-state index contributed by atoms with van der Waals surface area (Å²) in [6.07, 6.45) is 4.52. The van der Waals surface area contributed by atoms with E-state index in [2.05, 4.69) is 5.10 Å². The molecule has 0 aliphatic heterocycles. The Morgan fingerprint density at radius 3 is 2.61 bits per heavy atom. The summed E-state index contributed by atoms with van der Waals surface area (Å²) >= 11 is 0. The van der Waals surface area contributed by atoms with Crippen LogP contribution in [0.25, 0.3) is 17.2 Å². The van der Waals surface area contributed by atoms with E-state index >= 15 is 0 Å². The van der Waals surface area contributed by atoms with Crippen molar-refractivity contribution in [2.24, 2.45) is 0 Å². The fourth-order valence-corrected chi connectivity index (χ4v) is 1.66. The Morgan fingerprint density at radius 2 is 2.00 bits per heavy atom. The number of aromatic nitrogens is 2. The van der Waals surface area contributed by atoms with Gasteiger partial charge in [-0.2, -0.15) is 5.10 Å². The van der Waals surface area contributed by atoms with Crippen LogP contribution in [0.2, 0.25) is 0 Å². The Balaban J connectivity index is 2.16. The lowest BCUT2D eigenvalue weighted by Gasteiger charge is -1.92. The van der Waals surface area contributed by atoms with Crippen molar-refractivity contribution >= 4 is 5.97 Å². The highest BCUT2D eigenvalue weighted by Crippen LogP contribution is 2.25. The van der Waals surface area contributed by atoms with E-state index in [1.165, 1.54) is 17.2 Å². The van der Waals surface area contributed by atoms with E-state index in [-0.39, 0.29) is 5.69 Å². The third-order valence-electron chi connectivity index (χ3n) is 2.44. The van der Waals surface area contributed by atoms with Gasteiger partial charge in [-0.15, -0.1) is 0 Å². The van der Waals surface area contributed by atoms with Crippen molar-refractivity contribution in [1.82, 2.24) is 9.78 Å². The molecule has 0 saturated heterocycles. The smallest absolute Gasteiger partial charge is 0.357 e. The zero-order chi connectivity index (χ0) is 12.5. The monoisotopic (exact) mass is 244 g/mol. The number of aromatic carboxylic acids is 1. The first-order chi connectivity index (χ1) is 8.75. The van der Waals surface area contributed by atoms with Crippen LogP contribution in [-0.4, -0.2) is 20.9 Å². The summed E-state index contributed by atoms with van der Waals surface area (Å²) in [5, 5.41) is 13.1. The van der Waals surface area contributed by atoms with E-state index in [1.807, 2.05) is 0 Å². The summed E-state index contributed by atoms with van der Waals surface area (Å²) in [6.45, 7) is 0. The van der Waals surface area contributed by atoms with Crippen LogP contribution >= 0.6 is 0 Å². The zero-order valence-electron chi connectivity index (χ0n) is 9.11. The molecule has 0 radical (unpaired) electrons. The quantitative estimate of drug-likeness (QED) is 0.765. The van der Waals surface area contributed by atoms with Crippen LogP contribution in [0.5, 0.6) is 0 Å². The number of carboxylic acids is 1. The third kappa shape index (κ3) is 1.60. The molecule has 3 aromatic heterocycles. The van der Waals surface area contributed by atoms with Crippen molar-refractivity contribution in [3.63, 3.8) is 0 Å². The lowest BCUT2D eigenvalue weighted by atomic mass is 10.2. The van der Waals surface area contributed by atoms with E-state index < -0.39 is 5.97 Å². The van der Waals surface area contributed by atoms with Crippen LogP contribution in [0.3, 0.4) is 0 Å². The largest absolute Gasteiger partial charge is 0.476 e. The second kappa shape index (κ2) is 3.92. The van der Waals surface area contributed by atoms with E-state index in [1.54, 1.807) is 30.5 Å². The second-order valence-electron chi connectivity index (χ2n) is 3.57. The molecular formula is C12H8N2O4. The number of rotatable bonds is 3.